The van der Waals surface area contributed by atoms with Crippen LogP contribution in [-0.4, -0.2) is 12.5 Å². The molecule has 0 N–H and O–H groups in total. The van der Waals surface area contributed by atoms with Crippen LogP contribution in [0.25, 0.3) is 11.1 Å². The first-order chi connectivity index (χ1) is 11.8. The molecule has 0 unspecified atom stereocenters. The van der Waals surface area contributed by atoms with Gasteiger partial charge < -0.3 is 4.90 Å². The Labute approximate surface area is 142 Å². The predicted octanol–water partition coefficient (Wildman–Crippen LogP) is 4.49. The summed E-state index contributed by atoms with van der Waals surface area (Å²) in [4.78, 5) is 14.6. The van der Waals surface area contributed by atoms with E-state index in [1.807, 2.05) is 41.3 Å². The maximum Gasteiger partial charge on any atom is 0.231 e. The third-order valence-corrected chi connectivity index (χ3v) is 4.60. The largest absolute Gasteiger partial charge is 0.312 e. The molecule has 0 aromatic heterocycles. The van der Waals surface area contributed by atoms with E-state index in [0.717, 1.165) is 24.2 Å². The summed E-state index contributed by atoms with van der Waals surface area (Å²) in [6.45, 7) is 0.792. The second kappa shape index (κ2) is 6.32. The van der Waals surface area contributed by atoms with Gasteiger partial charge in [0.2, 0.25) is 5.91 Å². The fourth-order valence-corrected chi connectivity index (χ4v) is 3.31. The monoisotopic (exact) mass is 313 g/mol. The molecule has 0 saturated carbocycles. The molecule has 1 amide bonds. The summed E-state index contributed by atoms with van der Waals surface area (Å²) in [6.07, 6.45) is 1.40. The van der Waals surface area contributed by atoms with Crippen LogP contribution in [0.2, 0.25) is 0 Å². The lowest BCUT2D eigenvalue weighted by molar-refractivity contribution is -0.117. The van der Waals surface area contributed by atoms with E-state index in [2.05, 4.69) is 42.5 Å². The average molecular weight is 313 g/mol. The zero-order valence-corrected chi connectivity index (χ0v) is 13.5. The van der Waals surface area contributed by atoms with Crippen molar-refractivity contribution in [3.05, 3.63) is 90.0 Å². The quantitative estimate of drug-likeness (QED) is 0.698. The van der Waals surface area contributed by atoms with E-state index in [0.29, 0.717) is 6.42 Å². The summed E-state index contributed by atoms with van der Waals surface area (Å²) in [5.74, 6) is 0.174. The Balaban J connectivity index is 1.49. The van der Waals surface area contributed by atoms with Crippen LogP contribution in [0.3, 0.4) is 0 Å². The topological polar surface area (TPSA) is 20.3 Å². The van der Waals surface area contributed by atoms with Crippen molar-refractivity contribution in [2.24, 2.45) is 0 Å². The molecule has 3 aromatic carbocycles. The van der Waals surface area contributed by atoms with E-state index in [1.165, 1.54) is 16.7 Å². The normalized spacial score (nSPS) is 12.9. The van der Waals surface area contributed by atoms with Crippen molar-refractivity contribution in [1.29, 1.82) is 0 Å². The zero-order valence-electron chi connectivity index (χ0n) is 13.5. The Kier molecular flexibility index (Phi) is 3.87. The number of rotatable bonds is 3. The van der Waals surface area contributed by atoms with Crippen LogP contribution in [0.4, 0.5) is 5.69 Å². The Hall–Kier alpha value is -2.87. The molecule has 0 aliphatic carbocycles. The molecule has 0 fully saturated rings. The summed E-state index contributed by atoms with van der Waals surface area (Å²) < 4.78 is 0. The number of hydrogen-bond donors (Lipinski definition) is 0. The van der Waals surface area contributed by atoms with Crippen LogP contribution < -0.4 is 4.90 Å². The number of amides is 1. The Morgan fingerprint density at radius 1 is 0.792 bits per heavy atom. The van der Waals surface area contributed by atoms with Gasteiger partial charge >= 0.3 is 0 Å². The molecule has 0 atom stereocenters. The van der Waals surface area contributed by atoms with Crippen molar-refractivity contribution in [3.8, 4) is 11.1 Å². The van der Waals surface area contributed by atoms with Crippen LogP contribution in [0.5, 0.6) is 0 Å². The number of para-hydroxylation sites is 1. The van der Waals surface area contributed by atoms with E-state index in [4.69, 9.17) is 0 Å². The van der Waals surface area contributed by atoms with E-state index in [1.54, 1.807) is 0 Å². The number of benzene rings is 3. The molecule has 24 heavy (non-hydrogen) atoms. The van der Waals surface area contributed by atoms with Crippen LogP contribution >= 0.6 is 0 Å². The zero-order chi connectivity index (χ0) is 16.4. The van der Waals surface area contributed by atoms with Crippen molar-refractivity contribution in [1.82, 2.24) is 0 Å². The van der Waals surface area contributed by atoms with Gasteiger partial charge in [0.25, 0.3) is 0 Å². The number of carbonyl (C=O) groups is 1. The number of carbonyl (C=O) groups excluding carboxylic acids is 1. The van der Waals surface area contributed by atoms with Gasteiger partial charge in [0, 0.05) is 12.2 Å². The number of anilines is 1. The predicted molar refractivity (Wildman–Crippen MR) is 98.1 cm³/mol. The fraction of sp³-hybridized carbons (Fsp3) is 0.136. The minimum Gasteiger partial charge on any atom is -0.312 e. The second-order valence-corrected chi connectivity index (χ2v) is 6.16. The lowest BCUT2D eigenvalue weighted by Crippen LogP contribution is -2.30. The van der Waals surface area contributed by atoms with E-state index >= 15 is 0 Å². The molecule has 1 aliphatic heterocycles. The summed E-state index contributed by atoms with van der Waals surface area (Å²) >= 11 is 0. The SMILES string of the molecule is O=C(Cc1ccc(-c2ccccc2)cc1)N1CCc2ccccc21. The van der Waals surface area contributed by atoms with Crippen molar-refractivity contribution in [2.45, 2.75) is 12.8 Å². The maximum atomic E-state index is 12.7. The number of fused-ring (bicyclic) bond motifs is 1. The molecule has 0 radical (unpaired) electrons. The van der Waals surface area contributed by atoms with Crippen LogP contribution in [-0.2, 0) is 17.6 Å². The van der Waals surface area contributed by atoms with E-state index < -0.39 is 0 Å². The number of nitrogens with zero attached hydrogens (tertiary/aromatic N) is 1. The first-order valence-corrected chi connectivity index (χ1v) is 8.34. The number of hydrogen-bond acceptors (Lipinski definition) is 1. The molecular weight excluding hydrogens is 294 g/mol. The highest BCUT2D eigenvalue weighted by Gasteiger charge is 2.23. The lowest BCUT2D eigenvalue weighted by Gasteiger charge is -2.17. The van der Waals surface area contributed by atoms with Gasteiger partial charge in [0.15, 0.2) is 0 Å². The Morgan fingerprint density at radius 2 is 1.46 bits per heavy atom. The van der Waals surface area contributed by atoms with Gasteiger partial charge in [0.1, 0.15) is 0 Å². The molecule has 3 aromatic rings. The molecule has 2 nitrogen and oxygen atoms in total. The third kappa shape index (κ3) is 2.83. The molecule has 0 spiro atoms. The molecule has 4 rings (SSSR count). The standard InChI is InChI=1S/C22H19NO/c24-22(23-15-14-20-8-4-5-9-21(20)23)16-17-10-12-19(13-11-17)18-6-2-1-3-7-18/h1-13H,14-16H2. The Bertz CT molecular complexity index is 853. The van der Waals surface area contributed by atoms with Crippen LogP contribution in [0.1, 0.15) is 11.1 Å². The Morgan fingerprint density at radius 3 is 2.25 bits per heavy atom. The second-order valence-electron chi connectivity index (χ2n) is 6.16. The first-order valence-electron chi connectivity index (χ1n) is 8.34. The molecule has 118 valence electrons. The van der Waals surface area contributed by atoms with Gasteiger partial charge in [-0.2, -0.15) is 0 Å². The summed E-state index contributed by atoms with van der Waals surface area (Å²) in [5.41, 5.74) is 5.78. The van der Waals surface area contributed by atoms with Gasteiger partial charge in [0.05, 0.1) is 6.42 Å². The molecule has 2 heteroatoms. The molecular formula is C22H19NO. The fourth-order valence-electron chi connectivity index (χ4n) is 3.31. The minimum atomic E-state index is 0.174. The third-order valence-electron chi connectivity index (χ3n) is 4.60. The lowest BCUT2D eigenvalue weighted by atomic mass is 10.0. The van der Waals surface area contributed by atoms with Crippen molar-refractivity contribution < 1.29 is 4.79 Å². The van der Waals surface area contributed by atoms with Crippen LogP contribution in [0.15, 0.2) is 78.9 Å². The highest BCUT2D eigenvalue weighted by atomic mass is 16.2. The highest BCUT2D eigenvalue weighted by Crippen LogP contribution is 2.28. The highest BCUT2D eigenvalue weighted by molar-refractivity contribution is 5.96. The van der Waals surface area contributed by atoms with Gasteiger partial charge in [-0.25, -0.2) is 0 Å². The first kappa shape index (κ1) is 14.7. The molecule has 1 heterocycles. The van der Waals surface area contributed by atoms with Gasteiger partial charge in [-0.05, 0) is 34.7 Å². The van der Waals surface area contributed by atoms with Crippen molar-refractivity contribution in [2.75, 3.05) is 11.4 Å². The average Bonchev–Trinajstić information content (AvgIpc) is 3.07. The smallest absolute Gasteiger partial charge is 0.231 e. The van der Waals surface area contributed by atoms with E-state index in [-0.39, 0.29) is 5.91 Å². The van der Waals surface area contributed by atoms with Gasteiger partial charge in [-0.3, -0.25) is 4.79 Å². The molecule has 0 bridgehead atoms. The van der Waals surface area contributed by atoms with E-state index in [9.17, 15) is 4.79 Å². The van der Waals surface area contributed by atoms with Crippen molar-refractivity contribution >= 4 is 11.6 Å². The van der Waals surface area contributed by atoms with Crippen LogP contribution in [0, 0.1) is 0 Å². The van der Waals surface area contributed by atoms with Gasteiger partial charge in [-0.15, -0.1) is 0 Å². The summed E-state index contributed by atoms with van der Waals surface area (Å²) in [7, 11) is 0. The summed E-state index contributed by atoms with van der Waals surface area (Å²) in [5, 5.41) is 0. The molecule has 1 aliphatic rings. The van der Waals surface area contributed by atoms with Gasteiger partial charge in [-0.1, -0.05) is 72.8 Å². The molecule has 0 saturated heterocycles. The minimum absolute atomic E-state index is 0.174. The van der Waals surface area contributed by atoms with Crippen molar-refractivity contribution in [3.63, 3.8) is 0 Å². The summed E-state index contributed by atoms with van der Waals surface area (Å²) in [6, 6.07) is 26.8. The maximum absolute atomic E-state index is 12.7.